The number of ketones is 1. The number of benzene rings is 1. The number of ether oxygens (including phenoxy) is 1. The molecule has 0 aromatic heterocycles. The van der Waals surface area contributed by atoms with E-state index >= 15 is 0 Å². The lowest BCUT2D eigenvalue weighted by Crippen LogP contribution is -2.39. The van der Waals surface area contributed by atoms with Gasteiger partial charge in [0.05, 0.1) is 17.3 Å². The van der Waals surface area contributed by atoms with Crippen LogP contribution >= 0.6 is 11.8 Å². The molecule has 1 aliphatic heterocycles. The number of nitrogens with one attached hydrogen (secondary N) is 1. The standard InChI is InChI=1S/C20H26N2O4S/c1-14-6-5-7-15(10-14)26-9-8-21-17(24)12-22-18(25)13-27-19(22)11-16(23)20(2,3)4/h5-7,10-11H,8-9,12-13H2,1-4H3,(H,21,24)/b19-11-. The predicted octanol–water partition coefficient (Wildman–Crippen LogP) is 2.52. The van der Waals surface area contributed by atoms with Gasteiger partial charge >= 0.3 is 0 Å². The molecule has 27 heavy (non-hydrogen) atoms. The lowest BCUT2D eigenvalue weighted by Gasteiger charge is -2.19. The molecule has 0 unspecified atom stereocenters. The second-order valence-electron chi connectivity index (χ2n) is 7.38. The van der Waals surface area contributed by atoms with Crippen molar-refractivity contribution < 1.29 is 19.1 Å². The van der Waals surface area contributed by atoms with E-state index < -0.39 is 5.41 Å². The van der Waals surface area contributed by atoms with Gasteiger partial charge in [0.15, 0.2) is 5.78 Å². The second-order valence-corrected chi connectivity index (χ2v) is 8.38. The lowest BCUT2D eigenvalue weighted by molar-refractivity contribution is -0.131. The highest BCUT2D eigenvalue weighted by molar-refractivity contribution is 8.04. The van der Waals surface area contributed by atoms with E-state index in [9.17, 15) is 14.4 Å². The van der Waals surface area contributed by atoms with Gasteiger partial charge in [-0.3, -0.25) is 19.3 Å². The van der Waals surface area contributed by atoms with Gasteiger partial charge in [-0.15, -0.1) is 0 Å². The van der Waals surface area contributed by atoms with Gasteiger partial charge in [-0.2, -0.15) is 0 Å². The van der Waals surface area contributed by atoms with E-state index in [1.54, 1.807) is 0 Å². The van der Waals surface area contributed by atoms with Gasteiger partial charge in [0, 0.05) is 11.5 Å². The van der Waals surface area contributed by atoms with Crippen LogP contribution in [0.15, 0.2) is 35.4 Å². The maximum atomic E-state index is 12.2. The first-order valence-corrected chi connectivity index (χ1v) is 9.81. The van der Waals surface area contributed by atoms with Crippen LogP contribution in [0, 0.1) is 12.3 Å². The number of amides is 2. The third-order valence-electron chi connectivity index (χ3n) is 3.89. The zero-order valence-corrected chi connectivity index (χ0v) is 17.0. The summed E-state index contributed by atoms with van der Waals surface area (Å²) in [6, 6.07) is 7.67. The molecule has 2 amide bonds. The van der Waals surface area contributed by atoms with E-state index in [1.165, 1.54) is 22.7 Å². The van der Waals surface area contributed by atoms with Gasteiger partial charge in [-0.25, -0.2) is 0 Å². The Bertz CT molecular complexity index is 753. The molecule has 0 radical (unpaired) electrons. The molecule has 1 aromatic rings. The summed E-state index contributed by atoms with van der Waals surface area (Å²) in [7, 11) is 0. The van der Waals surface area contributed by atoms with Crippen LogP contribution in [0.5, 0.6) is 5.75 Å². The Morgan fingerprint density at radius 1 is 1.33 bits per heavy atom. The molecule has 146 valence electrons. The molecule has 7 heteroatoms. The normalized spacial score (nSPS) is 15.9. The molecule has 2 rings (SSSR count). The molecule has 0 bridgehead atoms. The minimum Gasteiger partial charge on any atom is -0.492 e. The molecule has 0 saturated carbocycles. The van der Waals surface area contributed by atoms with Crippen molar-refractivity contribution in [2.24, 2.45) is 5.41 Å². The minimum atomic E-state index is -0.528. The molecule has 1 N–H and O–H groups in total. The van der Waals surface area contributed by atoms with Crippen molar-refractivity contribution in [1.82, 2.24) is 10.2 Å². The Hall–Kier alpha value is -2.28. The first-order chi connectivity index (χ1) is 12.7. The quantitative estimate of drug-likeness (QED) is 0.572. The summed E-state index contributed by atoms with van der Waals surface area (Å²) in [4.78, 5) is 37.8. The largest absolute Gasteiger partial charge is 0.492 e. The number of carbonyl (C=O) groups is 3. The number of hydrogen-bond donors (Lipinski definition) is 1. The smallest absolute Gasteiger partial charge is 0.240 e. The van der Waals surface area contributed by atoms with Gasteiger partial charge in [-0.1, -0.05) is 44.7 Å². The minimum absolute atomic E-state index is 0.0725. The first-order valence-electron chi connectivity index (χ1n) is 8.82. The average Bonchev–Trinajstić information content (AvgIpc) is 2.91. The third kappa shape index (κ3) is 6.43. The predicted molar refractivity (Wildman–Crippen MR) is 106 cm³/mol. The molecule has 1 aliphatic rings. The molecule has 0 spiro atoms. The van der Waals surface area contributed by atoms with E-state index in [4.69, 9.17) is 4.74 Å². The van der Waals surface area contributed by atoms with Gasteiger partial charge in [0.1, 0.15) is 18.9 Å². The van der Waals surface area contributed by atoms with Crippen LogP contribution in [0.1, 0.15) is 26.3 Å². The van der Waals surface area contributed by atoms with Gasteiger partial charge < -0.3 is 10.1 Å². The Balaban J connectivity index is 1.83. The Labute approximate surface area is 164 Å². The molecule has 0 aliphatic carbocycles. The number of aryl methyl sites for hydroxylation is 1. The molecule has 0 atom stereocenters. The number of thioether (sulfide) groups is 1. The summed E-state index contributed by atoms with van der Waals surface area (Å²) in [6.07, 6.45) is 1.46. The fraction of sp³-hybridized carbons (Fsp3) is 0.450. The lowest BCUT2D eigenvalue weighted by atomic mass is 9.91. The van der Waals surface area contributed by atoms with Crippen LogP contribution in [0.25, 0.3) is 0 Å². The summed E-state index contributed by atoms with van der Waals surface area (Å²) in [5, 5.41) is 3.27. The Kier molecular flexibility index (Phi) is 7.07. The zero-order valence-electron chi connectivity index (χ0n) is 16.2. The molecular formula is C20H26N2O4S. The summed E-state index contributed by atoms with van der Waals surface area (Å²) >= 11 is 1.28. The molecule has 1 aromatic carbocycles. The van der Waals surface area contributed by atoms with E-state index in [-0.39, 0.29) is 29.9 Å². The monoisotopic (exact) mass is 390 g/mol. The van der Waals surface area contributed by atoms with Crippen LogP contribution in [-0.4, -0.2) is 47.9 Å². The molecule has 1 heterocycles. The number of nitrogens with zero attached hydrogens (tertiary/aromatic N) is 1. The van der Waals surface area contributed by atoms with Crippen LogP contribution in [-0.2, 0) is 14.4 Å². The third-order valence-corrected chi connectivity index (χ3v) is 4.91. The number of allylic oxidation sites excluding steroid dienone is 1. The van der Waals surface area contributed by atoms with E-state index in [0.717, 1.165) is 11.3 Å². The van der Waals surface area contributed by atoms with Gasteiger partial charge in [0.2, 0.25) is 11.8 Å². The fourth-order valence-corrected chi connectivity index (χ4v) is 3.23. The maximum absolute atomic E-state index is 12.2. The van der Waals surface area contributed by atoms with Gasteiger partial charge in [0.25, 0.3) is 0 Å². The van der Waals surface area contributed by atoms with Crippen molar-refractivity contribution in [3.8, 4) is 5.75 Å². The number of rotatable bonds is 7. The highest BCUT2D eigenvalue weighted by Gasteiger charge is 2.30. The van der Waals surface area contributed by atoms with E-state index in [1.807, 2.05) is 52.0 Å². The molecule has 6 nitrogen and oxygen atoms in total. The SMILES string of the molecule is Cc1cccc(OCCNC(=O)CN2C(=O)CS/C2=C\C(=O)C(C)(C)C)c1. The molecular weight excluding hydrogens is 364 g/mol. The topological polar surface area (TPSA) is 75.7 Å². The Morgan fingerprint density at radius 3 is 2.74 bits per heavy atom. The van der Waals surface area contributed by atoms with Crippen LogP contribution < -0.4 is 10.1 Å². The van der Waals surface area contributed by atoms with Crippen molar-refractivity contribution in [1.29, 1.82) is 0 Å². The first kappa shape index (κ1) is 21.0. The number of carbonyl (C=O) groups excluding carboxylic acids is 3. The zero-order chi connectivity index (χ0) is 20.0. The highest BCUT2D eigenvalue weighted by atomic mass is 32.2. The summed E-state index contributed by atoms with van der Waals surface area (Å²) in [6.45, 7) is 8.01. The molecule has 1 fully saturated rings. The van der Waals surface area contributed by atoms with Crippen LogP contribution in [0.2, 0.25) is 0 Å². The fourth-order valence-electron chi connectivity index (χ4n) is 2.29. The summed E-state index contributed by atoms with van der Waals surface area (Å²) < 4.78 is 5.58. The van der Waals surface area contributed by atoms with Crippen molar-refractivity contribution in [2.45, 2.75) is 27.7 Å². The van der Waals surface area contributed by atoms with E-state index in [2.05, 4.69) is 5.32 Å². The van der Waals surface area contributed by atoms with Crippen molar-refractivity contribution >= 4 is 29.4 Å². The summed E-state index contributed by atoms with van der Waals surface area (Å²) in [5.41, 5.74) is 0.575. The van der Waals surface area contributed by atoms with Crippen molar-refractivity contribution in [2.75, 3.05) is 25.4 Å². The average molecular weight is 391 g/mol. The van der Waals surface area contributed by atoms with Crippen LogP contribution in [0.4, 0.5) is 0 Å². The van der Waals surface area contributed by atoms with Crippen molar-refractivity contribution in [3.63, 3.8) is 0 Å². The van der Waals surface area contributed by atoms with Gasteiger partial charge in [-0.05, 0) is 24.6 Å². The summed E-state index contributed by atoms with van der Waals surface area (Å²) in [5.74, 6) is 0.470. The highest BCUT2D eigenvalue weighted by Crippen LogP contribution is 2.30. The maximum Gasteiger partial charge on any atom is 0.240 e. The Morgan fingerprint density at radius 2 is 2.07 bits per heavy atom. The molecule has 1 saturated heterocycles. The van der Waals surface area contributed by atoms with E-state index in [0.29, 0.717) is 18.2 Å². The number of hydrogen-bond acceptors (Lipinski definition) is 5. The van der Waals surface area contributed by atoms with Crippen molar-refractivity contribution in [3.05, 3.63) is 40.9 Å². The second kappa shape index (κ2) is 9.08. The van der Waals surface area contributed by atoms with Crippen LogP contribution in [0.3, 0.4) is 0 Å².